The van der Waals surface area contributed by atoms with Gasteiger partial charge >= 0.3 is 0 Å². The van der Waals surface area contributed by atoms with Crippen LogP contribution in [0.15, 0.2) is 42.5 Å². The maximum atomic E-state index is 12.3. The highest BCUT2D eigenvalue weighted by atomic mass is 32.1. The maximum absolute atomic E-state index is 12.3. The number of carbonyl (C=O) groups is 1. The summed E-state index contributed by atoms with van der Waals surface area (Å²) in [5.74, 6) is 1.07. The summed E-state index contributed by atoms with van der Waals surface area (Å²) in [6, 6.07) is 14.0. The van der Waals surface area contributed by atoms with Crippen molar-refractivity contribution in [2.24, 2.45) is 11.8 Å². The van der Waals surface area contributed by atoms with E-state index >= 15 is 0 Å². The van der Waals surface area contributed by atoms with Gasteiger partial charge < -0.3 is 5.32 Å². The van der Waals surface area contributed by atoms with Crippen LogP contribution < -0.4 is 16.2 Å². The second-order valence-electron chi connectivity index (χ2n) is 6.99. The third-order valence-corrected chi connectivity index (χ3v) is 5.54. The largest absolute Gasteiger partial charge is 0.358 e. The SMILES string of the molecule is C[C@@H]1[C@@H](C)CCC[C@H]1NC(=S)NNC(=O)c1ccc2ccccc2c1. The van der Waals surface area contributed by atoms with Gasteiger partial charge in [-0.2, -0.15) is 0 Å². The van der Waals surface area contributed by atoms with Gasteiger partial charge in [-0.15, -0.1) is 0 Å². The average Bonchev–Trinajstić information content (AvgIpc) is 2.63. The first-order valence-corrected chi connectivity index (χ1v) is 9.31. The van der Waals surface area contributed by atoms with Crippen LogP contribution in [0, 0.1) is 11.8 Å². The topological polar surface area (TPSA) is 53.2 Å². The number of thiocarbonyl (C=S) groups is 1. The summed E-state index contributed by atoms with van der Waals surface area (Å²) in [7, 11) is 0. The lowest BCUT2D eigenvalue weighted by atomic mass is 9.78. The van der Waals surface area contributed by atoms with Crippen LogP contribution in [0.25, 0.3) is 10.8 Å². The van der Waals surface area contributed by atoms with E-state index < -0.39 is 0 Å². The first-order chi connectivity index (χ1) is 12.0. The van der Waals surface area contributed by atoms with Crippen molar-refractivity contribution in [3.8, 4) is 0 Å². The number of fused-ring (bicyclic) bond motifs is 1. The zero-order valence-electron chi connectivity index (χ0n) is 14.7. The molecule has 25 heavy (non-hydrogen) atoms. The molecule has 0 heterocycles. The van der Waals surface area contributed by atoms with Crippen molar-refractivity contribution in [3.63, 3.8) is 0 Å². The molecule has 1 saturated carbocycles. The van der Waals surface area contributed by atoms with E-state index in [0.29, 0.717) is 28.6 Å². The highest BCUT2D eigenvalue weighted by Gasteiger charge is 2.27. The van der Waals surface area contributed by atoms with Crippen LogP contribution >= 0.6 is 12.2 Å². The minimum Gasteiger partial charge on any atom is -0.358 e. The van der Waals surface area contributed by atoms with Crippen molar-refractivity contribution in [2.45, 2.75) is 39.2 Å². The summed E-state index contributed by atoms with van der Waals surface area (Å²) in [5, 5.41) is 5.97. The van der Waals surface area contributed by atoms with E-state index in [1.165, 1.54) is 12.8 Å². The van der Waals surface area contributed by atoms with Crippen LogP contribution in [-0.2, 0) is 0 Å². The van der Waals surface area contributed by atoms with Crippen molar-refractivity contribution in [3.05, 3.63) is 48.0 Å². The first kappa shape index (κ1) is 17.7. The summed E-state index contributed by atoms with van der Waals surface area (Å²) in [4.78, 5) is 12.3. The van der Waals surface area contributed by atoms with Crippen LogP contribution in [0.3, 0.4) is 0 Å². The maximum Gasteiger partial charge on any atom is 0.269 e. The Bertz CT molecular complexity index is 776. The number of hydrazine groups is 1. The van der Waals surface area contributed by atoms with Gasteiger partial charge in [-0.05, 0) is 53.4 Å². The van der Waals surface area contributed by atoms with Crippen LogP contribution in [0.1, 0.15) is 43.5 Å². The zero-order valence-corrected chi connectivity index (χ0v) is 15.5. The van der Waals surface area contributed by atoms with E-state index in [1.807, 2.05) is 42.5 Å². The Labute approximate surface area is 154 Å². The molecule has 0 radical (unpaired) electrons. The average molecular weight is 356 g/mol. The second kappa shape index (κ2) is 7.83. The summed E-state index contributed by atoms with van der Waals surface area (Å²) in [5.41, 5.74) is 6.12. The Morgan fingerprint density at radius 3 is 2.60 bits per heavy atom. The lowest BCUT2D eigenvalue weighted by Crippen LogP contribution is -2.52. The van der Waals surface area contributed by atoms with Crippen LogP contribution in [-0.4, -0.2) is 17.1 Å². The van der Waals surface area contributed by atoms with Crippen molar-refractivity contribution >= 4 is 34.0 Å². The fourth-order valence-corrected chi connectivity index (χ4v) is 3.71. The Morgan fingerprint density at radius 2 is 1.80 bits per heavy atom. The van der Waals surface area contributed by atoms with E-state index in [1.54, 1.807) is 0 Å². The van der Waals surface area contributed by atoms with E-state index in [-0.39, 0.29) is 5.91 Å². The van der Waals surface area contributed by atoms with E-state index in [4.69, 9.17) is 12.2 Å². The third-order valence-electron chi connectivity index (χ3n) is 5.32. The molecule has 0 unspecified atom stereocenters. The summed E-state index contributed by atoms with van der Waals surface area (Å²) in [6.45, 7) is 4.55. The van der Waals surface area contributed by atoms with Crippen LogP contribution in [0.4, 0.5) is 0 Å². The fourth-order valence-electron chi connectivity index (χ4n) is 3.51. The molecule has 3 N–H and O–H groups in total. The molecule has 2 aromatic rings. The Hall–Kier alpha value is -2.14. The van der Waals surface area contributed by atoms with Gasteiger partial charge in [0.2, 0.25) is 0 Å². The van der Waals surface area contributed by atoms with Gasteiger partial charge in [-0.1, -0.05) is 57.0 Å². The number of rotatable bonds is 2. The molecule has 0 bridgehead atoms. The molecule has 0 aromatic heterocycles. The predicted octanol–water partition coefficient (Wildman–Crippen LogP) is 3.77. The smallest absolute Gasteiger partial charge is 0.269 e. The first-order valence-electron chi connectivity index (χ1n) is 8.90. The number of amides is 1. The zero-order chi connectivity index (χ0) is 17.8. The summed E-state index contributed by atoms with van der Waals surface area (Å²) < 4.78 is 0. The van der Waals surface area contributed by atoms with E-state index in [0.717, 1.165) is 17.2 Å². The minimum absolute atomic E-state index is 0.194. The molecule has 0 saturated heterocycles. The number of benzene rings is 2. The molecule has 1 amide bonds. The Kier molecular flexibility index (Phi) is 5.53. The molecule has 1 aliphatic rings. The number of hydrogen-bond acceptors (Lipinski definition) is 2. The molecule has 0 spiro atoms. The molecule has 3 atom stereocenters. The van der Waals surface area contributed by atoms with Gasteiger partial charge in [0, 0.05) is 11.6 Å². The van der Waals surface area contributed by atoms with E-state index in [9.17, 15) is 4.79 Å². The van der Waals surface area contributed by atoms with Gasteiger partial charge in [-0.25, -0.2) is 0 Å². The summed E-state index contributed by atoms with van der Waals surface area (Å²) >= 11 is 5.33. The highest BCUT2D eigenvalue weighted by Crippen LogP contribution is 2.29. The minimum atomic E-state index is -0.194. The van der Waals surface area contributed by atoms with Gasteiger partial charge in [-0.3, -0.25) is 15.6 Å². The molecule has 3 rings (SSSR count). The predicted molar refractivity (Wildman–Crippen MR) is 106 cm³/mol. The lowest BCUT2D eigenvalue weighted by Gasteiger charge is -2.35. The number of nitrogens with one attached hydrogen (secondary N) is 3. The van der Waals surface area contributed by atoms with Gasteiger partial charge in [0.25, 0.3) is 5.91 Å². The number of carbonyl (C=O) groups excluding carboxylic acids is 1. The molecule has 1 fully saturated rings. The van der Waals surface area contributed by atoms with Gasteiger partial charge in [0.1, 0.15) is 0 Å². The monoisotopic (exact) mass is 355 g/mol. The molecular formula is C20H25N3OS. The Morgan fingerprint density at radius 1 is 1.04 bits per heavy atom. The quantitative estimate of drug-likeness (QED) is 0.567. The third kappa shape index (κ3) is 4.28. The molecular weight excluding hydrogens is 330 g/mol. The van der Waals surface area contributed by atoms with Crippen LogP contribution in [0.5, 0.6) is 0 Å². The van der Waals surface area contributed by atoms with E-state index in [2.05, 4.69) is 30.0 Å². The number of hydrogen-bond donors (Lipinski definition) is 3. The van der Waals surface area contributed by atoms with Gasteiger partial charge in [0.05, 0.1) is 0 Å². The molecule has 2 aromatic carbocycles. The summed E-state index contributed by atoms with van der Waals surface area (Å²) in [6.07, 6.45) is 3.61. The van der Waals surface area contributed by atoms with Crippen LogP contribution in [0.2, 0.25) is 0 Å². The van der Waals surface area contributed by atoms with Crippen molar-refractivity contribution < 1.29 is 4.79 Å². The molecule has 132 valence electrons. The molecule has 5 heteroatoms. The van der Waals surface area contributed by atoms with Crippen molar-refractivity contribution in [2.75, 3.05) is 0 Å². The van der Waals surface area contributed by atoms with Gasteiger partial charge in [0.15, 0.2) is 5.11 Å². The molecule has 4 nitrogen and oxygen atoms in total. The lowest BCUT2D eigenvalue weighted by molar-refractivity contribution is 0.0943. The van der Waals surface area contributed by atoms with Crippen molar-refractivity contribution in [1.29, 1.82) is 0 Å². The highest BCUT2D eigenvalue weighted by molar-refractivity contribution is 7.80. The van der Waals surface area contributed by atoms with Crippen molar-refractivity contribution in [1.82, 2.24) is 16.2 Å². The molecule has 1 aliphatic carbocycles. The Balaban J connectivity index is 1.55. The fraction of sp³-hybridized carbons (Fsp3) is 0.400. The molecule has 0 aliphatic heterocycles. The second-order valence-corrected chi connectivity index (χ2v) is 7.40. The standard InChI is InChI=1S/C20H25N3OS/c1-13-6-5-9-18(14(13)2)21-20(25)23-22-19(24)17-11-10-15-7-3-4-8-16(15)12-17/h3-4,7-8,10-14,18H,5-6,9H2,1-2H3,(H,22,24)(H2,21,23,25)/t13-,14+,18+/m0/s1. The normalized spacial score (nSPS) is 23.0.